The summed E-state index contributed by atoms with van der Waals surface area (Å²) in [5, 5.41) is 3.08. The Hall–Kier alpha value is -2.40. The molecule has 0 aliphatic carbocycles. The van der Waals surface area contributed by atoms with Crippen molar-refractivity contribution in [3.05, 3.63) is 64.9 Å². The molecule has 0 saturated carbocycles. The molecule has 1 saturated heterocycles. The van der Waals surface area contributed by atoms with E-state index in [4.69, 9.17) is 11.6 Å². The zero-order chi connectivity index (χ0) is 15.7. The van der Waals surface area contributed by atoms with Gasteiger partial charge in [-0.05, 0) is 35.9 Å². The Kier molecular flexibility index (Phi) is 3.81. The minimum absolute atomic E-state index is 0.307. The molecular weight excluding hydrogens is 307 g/mol. The molecule has 0 aromatic heterocycles. The number of urea groups is 1. The molecule has 22 heavy (non-hydrogen) atoms. The maximum absolute atomic E-state index is 12.9. The Morgan fingerprint density at radius 3 is 2.55 bits per heavy atom. The smallest absolute Gasteiger partial charge is 0.325 e. The summed E-state index contributed by atoms with van der Waals surface area (Å²) >= 11 is 5.89. The van der Waals surface area contributed by atoms with Crippen molar-refractivity contribution in [1.29, 1.82) is 0 Å². The Labute approximate surface area is 131 Å². The van der Waals surface area contributed by atoms with Crippen molar-refractivity contribution in [3.8, 4) is 0 Å². The third-order valence-electron chi connectivity index (χ3n) is 3.44. The molecule has 1 atom stereocenters. The number of carbonyl (C=O) groups excluding carboxylic acids is 2. The molecule has 0 spiro atoms. The van der Waals surface area contributed by atoms with Crippen LogP contribution in [0.5, 0.6) is 0 Å². The lowest BCUT2D eigenvalue weighted by Gasteiger charge is -2.13. The first-order chi connectivity index (χ1) is 10.5. The van der Waals surface area contributed by atoms with Crippen LogP contribution < -0.4 is 10.2 Å². The number of nitrogens with one attached hydrogen (secondary N) is 1. The lowest BCUT2D eigenvalue weighted by molar-refractivity contribution is -0.118. The molecule has 1 fully saturated rings. The summed E-state index contributed by atoms with van der Waals surface area (Å²) in [6.45, 7) is 0. The Morgan fingerprint density at radius 1 is 1.14 bits per heavy atom. The van der Waals surface area contributed by atoms with Gasteiger partial charge in [-0.25, -0.2) is 14.1 Å². The number of hydrogen-bond acceptors (Lipinski definition) is 2. The first-order valence-corrected chi connectivity index (χ1v) is 7.07. The van der Waals surface area contributed by atoms with Crippen molar-refractivity contribution < 1.29 is 14.0 Å². The second-order valence-corrected chi connectivity index (χ2v) is 5.42. The lowest BCUT2D eigenvalue weighted by Crippen LogP contribution is -2.32. The molecule has 4 nitrogen and oxygen atoms in total. The fourth-order valence-electron chi connectivity index (χ4n) is 2.39. The van der Waals surface area contributed by atoms with E-state index in [-0.39, 0.29) is 11.7 Å². The van der Waals surface area contributed by atoms with Gasteiger partial charge in [0, 0.05) is 11.4 Å². The predicted octanol–water partition coefficient (Wildman–Crippen LogP) is 3.15. The summed E-state index contributed by atoms with van der Waals surface area (Å²) in [5.74, 6) is -0.692. The summed E-state index contributed by atoms with van der Waals surface area (Å²) in [7, 11) is 0. The molecule has 1 aliphatic rings. The maximum Gasteiger partial charge on any atom is 0.329 e. The second-order valence-electron chi connectivity index (χ2n) is 4.99. The van der Waals surface area contributed by atoms with Gasteiger partial charge in [-0.3, -0.25) is 4.79 Å². The van der Waals surface area contributed by atoms with Crippen LogP contribution in [0, 0.1) is 5.82 Å². The highest BCUT2D eigenvalue weighted by molar-refractivity contribution is 6.31. The fourth-order valence-corrected chi connectivity index (χ4v) is 2.57. The van der Waals surface area contributed by atoms with Crippen molar-refractivity contribution in [2.75, 3.05) is 4.90 Å². The average molecular weight is 319 g/mol. The number of imide groups is 1. The number of halogens is 2. The molecule has 112 valence electrons. The molecule has 0 bridgehead atoms. The molecule has 1 unspecified atom stereocenters. The Balaban J connectivity index is 1.81. The van der Waals surface area contributed by atoms with Gasteiger partial charge in [0.2, 0.25) is 0 Å². The molecule has 2 aromatic carbocycles. The molecule has 6 heteroatoms. The summed E-state index contributed by atoms with van der Waals surface area (Å²) in [6, 6.07) is 11.2. The Bertz CT molecular complexity index is 733. The second kappa shape index (κ2) is 5.77. The van der Waals surface area contributed by atoms with Crippen molar-refractivity contribution >= 4 is 29.2 Å². The number of amides is 3. The monoisotopic (exact) mass is 318 g/mol. The van der Waals surface area contributed by atoms with Gasteiger partial charge in [0.1, 0.15) is 11.9 Å². The van der Waals surface area contributed by atoms with E-state index in [1.807, 2.05) is 0 Å². The van der Waals surface area contributed by atoms with Crippen LogP contribution in [0.2, 0.25) is 5.02 Å². The molecule has 3 rings (SSSR count). The molecule has 3 amide bonds. The van der Waals surface area contributed by atoms with Crippen LogP contribution in [0.3, 0.4) is 0 Å². The highest BCUT2D eigenvalue weighted by atomic mass is 35.5. The summed E-state index contributed by atoms with van der Waals surface area (Å²) in [5.41, 5.74) is 1.20. The van der Waals surface area contributed by atoms with Crippen LogP contribution in [-0.4, -0.2) is 18.0 Å². The number of nitrogens with zero attached hydrogens (tertiary/aromatic N) is 1. The standard InChI is InChI=1S/C16H12ClFN2O2/c17-11-2-1-3-13(9-11)20-15(21)14(19-16(20)22)8-10-4-6-12(18)7-5-10/h1-7,9,14H,8H2,(H,19,22). The predicted molar refractivity (Wildman–Crippen MR) is 81.4 cm³/mol. The third kappa shape index (κ3) is 2.80. The van der Waals surface area contributed by atoms with Gasteiger partial charge < -0.3 is 5.32 Å². The van der Waals surface area contributed by atoms with Gasteiger partial charge in [0.25, 0.3) is 5.91 Å². The molecular formula is C16H12ClFN2O2. The SMILES string of the molecule is O=C1NC(Cc2ccc(F)cc2)C(=O)N1c1cccc(Cl)c1. The van der Waals surface area contributed by atoms with Crippen LogP contribution in [0.1, 0.15) is 5.56 Å². The molecule has 1 aliphatic heterocycles. The van der Waals surface area contributed by atoms with Crippen molar-refractivity contribution in [2.45, 2.75) is 12.5 Å². The van der Waals surface area contributed by atoms with Crippen LogP contribution in [0.15, 0.2) is 48.5 Å². The van der Waals surface area contributed by atoms with E-state index in [0.717, 1.165) is 10.5 Å². The molecule has 0 radical (unpaired) electrons. The third-order valence-corrected chi connectivity index (χ3v) is 3.67. The van der Waals surface area contributed by atoms with E-state index in [0.29, 0.717) is 17.1 Å². The van der Waals surface area contributed by atoms with Crippen LogP contribution in [0.4, 0.5) is 14.9 Å². The van der Waals surface area contributed by atoms with E-state index in [2.05, 4.69) is 5.32 Å². The minimum Gasteiger partial charge on any atom is -0.325 e. The quantitative estimate of drug-likeness (QED) is 0.884. The van der Waals surface area contributed by atoms with Gasteiger partial charge in [-0.2, -0.15) is 0 Å². The van der Waals surface area contributed by atoms with Crippen LogP contribution >= 0.6 is 11.6 Å². The van der Waals surface area contributed by atoms with Gasteiger partial charge in [0.05, 0.1) is 5.69 Å². The van der Waals surface area contributed by atoms with E-state index in [1.165, 1.54) is 12.1 Å². The number of hydrogen-bond donors (Lipinski definition) is 1. The van der Waals surface area contributed by atoms with E-state index < -0.39 is 12.1 Å². The largest absolute Gasteiger partial charge is 0.329 e. The number of carbonyl (C=O) groups is 2. The van der Waals surface area contributed by atoms with E-state index >= 15 is 0 Å². The molecule has 2 aromatic rings. The lowest BCUT2D eigenvalue weighted by atomic mass is 10.1. The average Bonchev–Trinajstić information content (AvgIpc) is 2.76. The van der Waals surface area contributed by atoms with Gasteiger partial charge >= 0.3 is 6.03 Å². The van der Waals surface area contributed by atoms with E-state index in [9.17, 15) is 14.0 Å². The molecule has 1 heterocycles. The normalized spacial score (nSPS) is 17.7. The topological polar surface area (TPSA) is 49.4 Å². The van der Waals surface area contributed by atoms with Crippen LogP contribution in [0.25, 0.3) is 0 Å². The van der Waals surface area contributed by atoms with Gasteiger partial charge in [-0.1, -0.05) is 29.8 Å². The Morgan fingerprint density at radius 2 is 1.86 bits per heavy atom. The number of benzene rings is 2. The number of rotatable bonds is 3. The van der Waals surface area contributed by atoms with Gasteiger partial charge in [-0.15, -0.1) is 0 Å². The summed E-state index contributed by atoms with van der Waals surface area (Å²) in [6.07, 6.45) is 0.307. The highest BCUT2D eigenvalue weighted by Crippen LogP contribution is 2.24. The maximum atomic E-state index is 12.9. The van der Waals surface area contributed by atoms with Crippen molar-refractivity contribution in [2.24, 2.45) is 0 Å². The fraction of sp³-hybridized carbons (Fsp3) is 0.125. The first-order valence-electron chi connectivity index (χ1n) is 6.69. The van der Waals surface area contributed by atoms with Crippen molar-refractivity contribution in [3.63, 3.8) is 0 Å². The van der Waals surface area contributed by atoms with Gasteiger partial charge in [0.15, 0.2) is 0 Å². The van der Waals surface area contributed by atoms with E-state index in [1.54, 1.807) is 36.4 Å². The van der Waals surface area contributed by atoms with Crippen molar-refractivity contribution in [1.82, 2.24) is 5.32 Å². The van der Waals surface area contributed by atoms with Crippen LogP contribution in [-0.2, 0) is 11.2 Å². The molecule has 1 N–H and O–H groups in total. The number of anilines is 1. The summed E-state index contributed by atoms with van der Waals surface area (Å²) in [4.78, 5) is 25.5. The first kappa shape index (κ1) is 14.5. The minimum atomic E-state index is -0.669. The zero-order valence-electron chi connectivity index (χ0n) is 11.4. The zero-order valence-corrected chi connectivity index (χ0v) is 12.2. The highest BCUT2D eigenvalue weighted by Gasteiger charge is 2.38. The summed E-state index contributed by atoms with van der Waals surface area (Å²) < 4.78 is 12.9.